The molecule has 66 valence electrons. The highest BCUT2D eigenvalue weighted by Crippen LogP contribution is 2.07. The quantitative estimate of drug-likeness (QED) is 0.292. The van der Waals surface area contributed by atoms with E-state index in [1.807, 2.05) is 6.92 Å². The lowest BCUT2D eigenvalue weighted by atomic mass is 10.2. The molecular formula is C6H11N5S. The van der Waals surface area contributed by atoms with E-state index in [0.29, 0.717) is 5.11 Å². The second-order valence-electron chi connectivity index (χ2n) is 2.37. The number of hydrogen-bond donors (Lipinski definition) is 4. The van der Waals surface area contributed by atoms with E-state index in [2.05, 4.69) is 20.9 Å². The first-order chi connectivity index (χ1) is 5.74. The number of hydrogen-bond acceptors (Lipinski definition) is 3. The predicted octanol–water partition coefficient (Wildman–Crippen LogP) is -0.191. The summed E-state index contributed by atoms with van der Waals surface area (Å²) >= 11 is 4.83. The van der Waals surface area contributed by atoms with Gasteiger partial charge in [0.25, 0.3) is 0 Å². The van der Waals surface area contributed by atoms with Crippen LogP contribution in [0, 0.1) is 0 Å². The van der Waals surface area contributed by atoms with Gasteiger partial charge in [-0.15, -0.1) is 0 Å². The van der Waals surface area contributed by atoms with Gasteiger partial charge in [-0.1, -0.05) is 0 Å². The van der Waals surface area contributed by atoms with Gasteiger partial charge in [-0.2, -0.15) is 5.10 Å². The smallest absolute Gasteiger partial charge is 0.181 e. The average Bonchev–Trinajstić information content (AvgIpc) is 2.56. The highest BCUT2D eigenvalue weighted by Gasteiger charge is 2.05. The van der Waals surface area contributed by atoms with Crippen LogP contribution in [0.3, 0.4) is 0 Å². The molecule has 0 aromatic carbocycles. The van der Waals surface area contributed by atoms with Crippen LogP contribution in [0.1, 0.15) is 18.5 Å². The van der Waals surface area contributed by atoms with Crippen molar-refractivity contribution in [1.82, 2.24) is 20.9 Å². The monoisotopic (exact) mass is 185 g/mol. The van der Waals surface area contributed by atoms with Crippen LogP contribution in [0.25, 0.3) is 0 Å². The van der Waals surface area contributed by atoms with Gasteiger partial charge in [-0.25, -0.2) is 5.84 Å². The van der Waals surface area contributed by atoms with Gasteiger partial charge in [-0.05, 0) is 19.1 Å². The fourth-order valence-electron chi connectivity index (χ4n) is 0.819. The zero-order chi connectivity index (χ0) is 8.97. The minimum Gasteiger partial charge on any atom is -0.355 e. The number of thiocarbonyl (C=S) groups is 1. The molecule has 0 aliphatic rings. The van der Waals surface area contributed by atoms with Crippen molar-refractivity contribution in [1.29, 1.82) is 0 Å². The maximum absolute atomic E-state index is 5.10. The minimum atomic E-state index is 0.104. The van der Waals surface area contributed by atoms with Gasteiger partial charge < -0.3 is 10.7 Å². The summed E-state index contributed by atoms with van der Waals surface area (Å²) in [5, 5.41) is 9.92. The van der Waals surface area contributed by atoms with Crippen molar-refractivity contribution in [3.05, 3.63) is 18.0 Å². The van der Waals surface area contributed by atoms with Gasteiger partial charge in [0.15, 0.2) is 5.11 Å². The second kappa shape index (κ2) is 4.03. The highest BCUT2D eigenvalue weighted by molar-refractivity contribution is 7.80. The van der Waals surface area contributed by atoms with Crippen molar-refractivity contribution < 1.29 is 0 Å². The molecule has 5 nitrogen and oxygen atoms in total. The molecule has 0 aliphatic heterocycles. The van der Waals surface area contributed by atoms with Crippen LogP contribution in [0.15, 0.2) is 12.4 Å². The Morgan fingerprint density at radius 3 is 3.08 bits per heavy atom. The zero-order valence-electron chi connectivity index (χ0n) is 6.66. The number of aromatic amines is 1. The Balaban J connectivity index is 2.49. The first-order valence-corrected chi connectivity index (χ1v) is 3.90. The van der Waals surface area contributed by atoms with E-state index < -0.39 is 0 Å². The SMILES string of the molecule is CC(NC(=S)NN)c1cn[nH]c1. The van der Waals surface area contributed by atoms with E-state index in [1.165, 1.54) is 0 Å². The summed E-state index contributed by atoms with van der Waals surface area (Å²) in [6.07, 6.45) is 3.54. The third-order valence-corrected chi connectivity index (χ3v) is 1.73. The summed E-state index contributed by atoms with van der Waals surface area (Å²) in [5.41, 5.74) is 3.38. The minimum absolute atomic E-state index is 0.104. The van der Waals surface area contributed by atoms with Crippen LogP contribution in [-0.4, -0.2) is 15.3 Å². The molecule has 0 saturated carbocycles. The van der Waals surface area contributed by atoms with Gasteiger partial charge >= 0.3 is 0 Å². The van der Waals surface area contributed by atoms with Crippen molar-refractivity contribution in [3.63, 3.8) is 0 Å². The molecule has 1 unspecified atom stereocenters. The predicted molar refractivity (Wildman–Crippen MR) is 50.1 cm³/mol. The second-order valence-corrected chi connectivity index (χ2v) is 2.78. The molecular weight excluding hydrogens is 174 g/mol. The molecule has 0 amide bonds. The topological polar surface area (TPSA) is 78.8 Å². The first-order valence-electron chi connectivity index (χ1n) is 3.50. The standard InChI is InChI=1S/C6H11N5S/c1-4(10-6(12)11-7)5-2-8-9-3-5/h2-4H,7H2,1H3,(H,8,9)(H2,10,11,12). The fourth-order valence-corrected chi connectivity index (χ4v) is 0.996. The maximum atomic E-state index is 5.10. The third-order valence-electron chi connectivity index (χ3n) is 1.50. The Morgan fingerprint density at radius 2 is 2.58 bits per heavy atom. The van der Waals surface area contributed by atoms with Crippen molar-refractivity contribution in [2.45, 2.75) is 13.0 Å². The Labute approximate surface area is 75.7 Å². The van der Waals surface area contributed by atoms with Gasteiger partial charge in [-0.3, -0.25) is 5.10 Å². The molecule has 0 spiro atoms. The molecule has 0 bridgehead atoms. The summed E-state index contributed by atoms with van der Waals surface area (Å²) in [5.74, 6) is 5.10. The van der Waals surface area contributed by atoms with E-state index >= 15 is 0 Å². The van der Waals surface area contributed by atoms with E-state index in [-0.39, 0.29) is 6.04 Å². The molecule has 0 saturated heterocycles. The number of hydrazine groups is 1. The number of nitrogens with one attached hydrogen (secondary N) is 3. The van der Waals surface area contributed by atoms with Crippen LogP contribution in [0.2, 0.25) is 0 Å². The van der Waals surface area contributed by atoms with Crippen molar-refractivity contribution in [2.75, 3.05) is 0 Å². The number of nitrogens with zero attached hydrogens (tertiary/aromatic N) is 1. The summed E-state index contributed by atoms with van der Waals surface area (Å²) in [7, 11) is 0. The molecule has 6 heteroatoms. The fraction of sp³-hybridized carbons (Fsp3) is 0.333. The van der Waals surface area contributed by atoms with Crippen molar-refractivity contribution >= 4 is 17.3 Å². The molecule has 12 heavy (non-hydrogen) atoms. The summed E-state index contributed by atoms with van der Waals surface area (Å²) in [6.45, 7) is 1.97. The van der Waals surface area contributed by atoms with Crippen LogP contribution < -0.4 is 16.6 Å². The summed E-state index contributed by atoms with van der Waals surface area (Å²) in [4.78, 5) is 0. The third kappa shape index (κ3) is 2.18. The lowest BCUT2D eigenvalue weighted by molar-refractivity contribution is 0.704. The van der Waals surface area contributed by atoms with E-state index in [1.54, 1.807) is 12.4 Å². The van der Waals surface area contributed by atoms with E-state index in [9.17, 15) is 0 Å². The van der Waals surface area contributed by atoms with Crippen molar-refractivity contribution in [2.24, 2.45) is 5.84 Å². The number of rotatable bonds is 2. The molecule has 0 aliphatic carbocycles. The van der Waals surface area contributed by atoms with Gasteiger partial charge in [0.05, 0.1) is 12.2 Å². The normalized spacial score (nSPS) is 12.2. The molecule has 1 atom stereocenters. The zero-order valence-corrected chi connectivity index (χ0v) is 7.48. The highest BCUT2D eigenvalue weighted by atomic mass is 32.1. The Morgan fingerprint density at radius 1 is 1.83 bits per heavy atom. The Bertz CT molecular complexity index is 244. The average molecular weight is 185 g/mol. The van der Waals surface area contributed by atoms with Crippen LogP contribution in [-0.2, 0) is 0 Å². The van der Waals surface area contributed by atoms with Crippen LogP contribution in [0.5, 0.6) is 0 Å². The number of H-pyrrole nitrogens is 1. The van der Waals surface area contributed by atoms with Crippen LogP contribution >= 0.6 is 12.2 Å². The molecule has 1 rings (SSSR count). The van der Waals surface area contributed by atoms with Gasteiger partial charge in [0.1, 0.15) is 0 Å². The van der Waals surface area contributed by atoms with E-state index in [0.717, 1.165) is 5.56 Å². The molecule has 0 radical (unpaired) electrons. The molecule has 1 aromatic heterocycles. The summed E-state index contributed by atoms with van der Waals surface area (Å²) in [6, 6.07) is 0.104. The van der Waals surface area contributed by atoms with Crippen LogP contribution in [0.4, 0.5) is 0 Å². The molecule has 0 fully saturated rings. The van der Waals surface area contributed by atoms with E-state index in [4.69, 9.17) is 18.1 Å². The van der Waals surface area contributed by atoms with Gasteiger partial charge in [0.2, 0.25) is 0 Å². The number of nitrogens with two attached hydrogens (primary N) is 1. The summed E-state index contributed by atoms with van der Waals surface area (Å²) < 4.78 is 0. The first kappa shape index (κ1) is 8.95. The lowest BCUT2D eigenvalue weighted by Gasteiger charge is -2.12. The molecule has 1 heterocycles. The lowest BCUT2D eigenvalue weighted by Crippen LogP contribution is -2.40. The number of aromatic nitrogens is 2. The maximum Gasteiger partial charge on any atom is 0.181 e. The van der Waals surface area contributed by atoms with Crippen molar-refractivity contribution in [3.8, 4) is 0 Å². The molecule has 1 aromatic rings. The largest absolute Gasteiger partial charge is 0.355 e. The molecule has 5 N–H and O–H groups in total. The van der Waals surface area contributed by atoms with Gasteiger partial charge in [0, 0.05) is 11.8 Å². The Hall–Kier alpha value is -1.14. The Kier molecular flexibility index (Phi) is 3.01.